The summed E-state index contributed by atoms with van der Waals surface area (Å²) >= 11 is 0. The van der Waals surface area contributed by atoms with Gasteiger partial charge >= 0.3 is 0 Å². The Morgan fingerprint density at radius 1 is 0.789 bits per heavy atom. The quantitative estimate of drug-likeness (QED) is 0.813. The zero-order chi connectivity index (χ0) is 13.1. The number of hydrogen-bond donors (Lipinski definition) is 0. The van der Waals surface area contributed by atoms with Gasteiger partial charge in [0, 0.05) is 26.2 Å². The normalized spacial score (nSPS) is 19.5. The monoisotopic (exact) mass is 255 g/mol. The first kappa shape index (κ1) is 12.3. The van der Waals surface area contributed by atoms with E-state index in [2.05, 4.69) is 28.0 Å². The summed E-state index contributed by atoms with van der Waals surface area (Å²) in [6, 6.07) is 8.47. The van der Waals surface area contributed by atoms with Crippen LogP contribution in [0.4, 0.5) is 11.4 Å². The molecule has 1 aromatic rings. The van der Waals surface area contributed by atoms with Crippen LogP contribution in [0.2, 0.25) is 0 Å². The third-order valence-corrected chi connectivity index (χ3v) is 4.25. The lowest BCUT2D eigenvalue weighted by molar-refractivity contribution is 0.577. The molecule has 0 amide bonds. The van der Waals surface area contributed by atoms with E-state index in [0.717, 1.165) is 31.7 Å². The zero-order valence-corrected chi connectivity index (χ0v) is 11.4. The molecule has 1 aromatic carbocycles. The van der Waals surface area contributed by atoms with Crippen LogP contribution in [0.15, 0.2) is 18.2 Å². The van der Waals surface area contributed by atoms with Crippen LogP contribution in [-0.2, 0) is 0 Å². The number of rotatable bonds is 2. The predicted octanol–water partition coefficient (Wildman–Crippen LogP) is 3.15. The third kappa shape index (κ3) is 2.53. The molecule has 2 fully saturated rings. The molecular formula is C16H21N3. The fourth-order valence-corrected chi connectivity index (χ4v) is 3.21. The Kier molecular flexibility index (Phi) is 3.59. The lowest BCUT2D eigenvalue weighted by atomic mass is 10.1. The first-order valence-corrected chi connectivity index (χ1v) is 7.42. The van der Waals surface area contributed by atoms with Gasteiger partial charge in [-0.15, -0.1) is 0 Å². The van der Waals surface area contributed by atoms with E-state index in [1.165, 1.54) is 43.5 Å². The highest BCUT2D eigenvalue weighted by atomic mass is 15.2. The maximum absolute atomic E-state index is 9.12. The van der Waals surface area contributed by atoms with Crippen LogP contribution >= 0.6 is 0 Å². The Bertz CT molecular complexity index is 477. The molecule has 0 spiro atoms. The molecule has 0 aliphatic carbocycles. The molecule has 0 N–H and O–H groups in total. The van der Waals surface area contributed by atoms with Crippen LogP contribution < -0.4 is 9.80 Å². The Morgan fingerprint density at radius 2 is 1.37 bits per heavy atom. The summed E-state index contributed by atoms with van der Waals surface area (Å²) in [4.78, 5) is 4.95. The summed E-state index contributed by atoms with van der Waals surface area (Å²) in [6.07, 6.45) is 6.48. The van der Waals surface area contributed by atoms with E-state index in [-0.39, 0.29) is 0 Å². The average Bonchev–Trinajstić information content (AvgIpc) is 3.01. The number of hydrogen-bond acceptors (Lipinski definition) is 3. The Hall–Kier alpha value is -1.69. The van der Waals surface area contributed by atoms with Crippen molar-refractivity contribution in [1.82, 2.24) is 0 Å². The number of nitriles is 1. The van der Waals surface area contributed by atoms with Crippen molar-refractivity contribution in [3.63, 3.8) is 0 Å². The minimum Gasteiger partial charge on any atom is -0.370 e. The van der Waals surface area contributed by atoms with Crippen molar-refractivity contribution >= 4 is 11.4 Å². The van der Waals surface area contributed by atoms with E-state index in [1.54, 1.807) is 0 Å². The summed E-state index contributed by atoms with van der Waals surface area (Å²) < 4.78 is 0. The van der Waals surface area contributed by atoms with Crippen LogP contribution in [-0.4, -0.2) is 26.2 Å². The second kappa shape index (κ2) is 5.52. The molecule has 3 rings (SSSR count). The number of piperidine rings is 1. The molecule has 2 aliphatic rings. The predicted molar refractivity (Wildman–Crippen MR) is 78.7 cm³/mol. The molecule has 2 saturated heterocycles. The van der Waals surface area contributed by atoms with Gasteiger partial charge in [0.05, 0.1) is 23.0 Å². The molecule has 2 heterocycles. The molecule has 100 valence electrons. The molecule has 0 radical (unpaired) electrons. The van der Waals surface area contributed by atoms with Gasteiger partial charge in [-0.05, 0) is 50.3 Å². The maximum Gasteiger partial charge on any atom is 0.0992 e. The van der Waals surface area contributed by atoms with Crippen molar-refractivity contribution in [2.45, 2.75) is 32.1 Å². The molecule has 2 aliphatic heterocycles. The highest BCUT2D eigenvalue weighted by Gasteiger charge is 2.20. The van der Waals surface area contributed by atoms with E-state index in [0.29, 0.717) is 0 Å². The van der Waals surface area contributed by atoms with Crippen LogP contribution in [0.3, 0.4) is 0 Å². The van der Waals surface area contributed by atoms with E-state index < -0.39 is 0 Å². The number of anilines is 2. The lowest BCUT2D eigenvalue weighted by Gasteiger charge is -2.33. The van der Waals surface area contributed by atoms with Crippen molar-refractivity contribution in [2.75, 3.05) is 36.0 Å². The first-order valence-electron chi connectivity index (χ1n) is 7.42. The Balaban J connectivity index is 1.94. The third-order valence-electron chi connectivity index (χ3n) is 4.25. The van der Waals surface area contributed by atoms with E-state index >= 15 is 0 Å². The summed E-state index contributed by atoms with van der Waals surface area (Å²) in [6.45, 7) is 4.59. The Labute approximate surface area is 115 Å². The minimum atomic E-state index is 0.780. The summed E-state index contributed by atoms with van der Waals surface area (Å²) in [5.74, 6) is 0. The Morgan fingerprint density at radius 3 is 2.00 bits per heavy atom. The lowest BCUT2D eigenvalue weighted by Crippen LogP contribution is -2.31. The molecule has 3 heteroatoms. The van der Waals surface area contributed by atoms with Crippen LogP contribution in [0.25, 0.3) is 0 Å². The molecule has 19 heavy (non-hydrogen) atoms. The van der Waals surface area contributed by atoms with Crippen molar-refractivity contribution < 1.29 is 0 Å². The zero-order valence-electron chi connectivity index (χ0n) is 11.4. The van der Waals surface area contributed by atoms with Gasteiger partial charge in [-0.3, -0.25) is 0 Å². The number of nitrogens with zero attached hydrogens (tertiary/aromatic N) is 3. The van der Waals surface area contributed by atoms with E-state index in [9.17, 15) is 0 Å². The van der Waals surface area contributed by atoms with Crippen LogP contribution in [0.1, 0.15) is 37.7 Å². The maximum atomic E-state index is 9.12. The van der Waals surface area contributed by atoms with Gasteiger partial charge in [-0.25, -0.2) is 0 Å². The van der Waals surface area contributed by atoms with E-state index in [1.807, 2.05) is 6.07 Å². The molecule has 0 aromatic heterocycles. The summed E-state index contributed by atoms with van der Waals surface area (Å²) in [5.41, 5.74) is 3.39. The van der Waals surface area contributed by atoms with Gasteiger partial charge in [-0.2, -0.15) is 5.26 Å². The van der Waals surface area contributed by atoms with Crippen molar-refractivity contribution in [3.8, 4) is 6.07 Å². The highest BCUT2D eigenvalue weighted by molar-refractivity contribution is 5.73. The van der Waals surface area contributed by atoms with Gasteiger partial charge < -0.3 is 9.80 Å². The molecule has 0 unspecified atom stereocenters. The fourth-order valence-electron chi connectivity index (χ4n) is 3.21. The smallest absolute Gasteiger partial charge is 0.0992 e. The molecule has 0 bridgehead atoms. The summed E-state index contributed by atoms with van der Waals surface area (Å²) in [5, 5.41) is 9.12. The molecule has 3 nitrogen and oxygen atoms in total. The van der Waals surface area contributed by atoms with Crippen molar-refractivity contribution in [3.05, 3.63) is 23.8 Å². The van der Waals surface area contributed by atoms with Gasteiger partial charge in [0.25, 0.3) is 0 Å². The molecular weight excluding hydrogens is 234 g/mol. The SMILES string of the molecule is N#Cc1ccc(N2CCCCC2)c(N2CCCC2)c1. The van der Waals surface area contributed by atoms with E-state index in [4.69, 9.17) is 5.26 Å². The number of benzene rings is 1. The van der Waals surface area contributed by atoms with Gasteiger partial charge in [0.1, 0.15) is 0 Å². The first-order chi connectivity index (χ1) is 9.38. The summed E-state index contributed by atoms with van der Waals surface area (Å²) in [7, 11) is 0. The average molecular weight is 255 g/mol. The fraction of sp³-hybridized carbons (Fsp3) is 0.562. The molecule has 0 saturated carbocycles. The second-order valence-corrected chi connectivity index (χ2v) is 5.56. The van der Waals surface area contributed by atoms with Crippen molar-refractivity contribution in [1.29, 1.82) is 5.26 Å². The molecule has 0 atom stereocenters. The van der Waals surface area contributed by atoms with Gasteiger partial charge in [0.15, 0.2) is 0 Å². The largest absolute Gasteiger partial charge is 0.370 e. The standard InChI is InChI=1S/C16H21N3/c17-13-14-6-7-15(18-8-2-1-3-9-18)16(12-14)19-10-4-5-11-19/h6-7,12H,1-5,8-11H2. The highest BCUT2D eigenvalue weighted by Crippen LogP contribution is 2.34. The van der Waals surface area contributed by atoms with Crippen molar-refractivity contribution in [2.24, 2.45) is 0 Å². The van der Waals surface area contributed by atoms with Gasteiger partial charge in [-0.1, -0.05) is 0 Å². The van der Waals surface area contributed by atoms with Crippen LogP contribution in [0.5, 0.6) is 0 Å². The second-order valence-electron chi connectivity index (χ2n) is 5.56. The topological polar surface area (TPSA) is 30.3 Å². The van der Waals surface area contributed by atoms with Crippen LogP contribution in [0, 0.1) is 11.3 Å². The minimum absolute atomic E-state index is 0.780. The van der Waals surface area contributed by atoms with Gasteiger partial charge in [0.2, 0.25) is 0 Å².